The van der Waals surface area contributed by atoms with Crippen molar-refractivity contribution in [2.24, 2.45) is 0 Å². The van der Waals surface area contributed by atoms with Crippen molar-refractivity contribution in [2.75, 3.05) is 31.1 Å². The van der Waals surface area contributed by atoms with Crippen molar-refractivity contribution < 1.29 is 0 Å². The summed E-state index contributed by atoms with van der Waals surface area (Å²) in [5.74, 6) is 1.01. The Kier molecular flexibility index (Phi) is 4.42. The maximum Gasteiger partial charge on any atom is 0.271 e. The van der Waals surface area contributed by atoms with Crippen LogP contribution >= 0.6 is 0 Å². The first-order valence-electron chi connectivity index (χ1n) is 8.98. The number of aryl methyl sites for hydroxylation is 2. The van der Waals surface area contributed by atoms with E-state index in [4.69, 9.17) is 0 Å². The van der Waals surface area contributed by atoms with Crippen molar-refractivity contribution in [3.05, 3.63) is 63.7 Å². The summed E-state index contributed by atoms with van der Waals surface area (Å²) in [5.41, 5.74) is 4.51. The van der Waals surface area contributed by atoms with Gasteiger partial charge in [0.25, 0.3) is 5.56 Å². The van der Waals surface area contributed by atoms with Gasteiger partial charge in [-0.25, -0.2) is 9.97 Å². The van der Waals surface area contributed by atoms with Crippen LogP contribution in [-0.4, -0.2) is 46.0 Å². The average molecular weight is 349 g/mol. The van der Waals surface area contributed by atoms with E-state index >= 15 is 0 Å². The van der Waals surface area contributed by atoms with Gasteiger partial charge in [0.05, 0.1) is 11.0 Å². The van der Waals surface area contributed by atoms with Gasteiger partial charge in [-0.1, -0.05) is 6.07 Å². The smallest absolute Gasteiger partial charge is 0.271 e. The van der Waals surface area contributed by atoms with Crippen LogP contribution in [0.5, 0.6) is 0 Å². The normalized spacial score (nSPS) is 15.5. The highest BCUT2D eigenvalue weighted by Gasteiger charge is 2.19. The zero-order valence-electron chi connectivity index (χ0n) is 15.2. The summed E-state index contributed by atoms with van der Waals surface area (Å²) in [4.78, 5) is 29.0. The highest BCUT2D eigenvalue weighted by atomic mass is 16.1. The molecule has 0 saturated carbocycles. The molecule has 0 spiro atoms. The van der Waals surface area contributed by atoms with Gasteiger partial charge in [-0.3, -0.25) is 9.69 Å². The molecule has 4 rings (SSSR count). The molecule has 3 heterocycles. The highest BCUT2D eigenvalue weighted by molar-refractivity contribution is 5.76. The first-order valence-corrected chi connectivity index (χ1v) is 8.98. The van der Waals surface area contributed by atoms with Gasteiger partial charge in [0.1, 0.15) is 11.5 Å². The van der Waals surface area contributed by atoms with E-state index in [1.54, 1.807) is 0 Å². The Bertz CT molecular complexity index is 975. The number of aromatic nitrogens is 3. The maximum atomic E-state index is 12.4. The molecule has 0 bridgehead atoms. The van der Waals surface area contributed by atoms with E-state index in [1.165, 1.54) is 5.56 Å². The van der Waals surface area contributed by atoms with Crippen LogP contribution in [0.4, 0.5) is 5.82 Å². The predicted octanol–water partition coefficient (Wildman–Crippen LogP) is 2.26. The topological polar surface area (TPSA) is 65.1 Å². The third-order valence-electron chi connectivity index (χ3n) is 5.10. The SMILES string of the molecule is Cc1cc2nc(CN3CCN(c4ccccn4)CC3)c(=O)[nH]c2cc1C. The molecule has 0 amide bonds. The van der Waals surface area contributed by atoms with Crippen LogP contribution in [0.2, 0.25) is 0 Å². The molecule has 1 aliphatic heterocycles. The van der Waals surface area contributed by atoms with Crippen molar-refractivity contribution in [1.29, 1.82) is 0 Å². The summed E-state index contributed by atoms with van der Waals surface area (Å²) < 4.78 is 0. The molecule has 134 valence electrons. The van der Waals surface area contributed by atoms with Gasteiger partial charge in [-0.2, -0.15) is 0 Å². The first-order chi connectivity index (χ1) is 12.6. The van der Waals surface area contributed by atoms with Crippen LogP contribution in [0, 0.1) is 13.8 Å². The fourth-order valence-corrected chi connectivity index (χ4v) is 3.38. The Morgan fingerprint density at radius 3 is 2.58 bits per heavy atom. The Hall–Kier alpha value is -2.73. The Labute approximate surface area is 152 Å². The van der Waals surface area contributed by atoms with Crippen LogP contribution in [0.15, 0.2) is 41.3 Å². The van der Waals surface area contributed by atoms with Gasteiger partial charge < -0.3 is 9.88 Å². The summed E-state index contributed by atoms with van der Waals surface area (Å²) in [6, 6.07) is 10.0. The van der Waals surface area contributed by atoms with Crippen molar-refractivity contribution in [2.45, 2.75) is 20.4 Å². The first kappa shape index (κ1) is 16.7. The molecular formula is C20H23N5O. The number of hydrogen-bond donors (Lipinski definition) is 1. The summed E-state index contributed by atoms with van der Waals surface area (Å²) in [7, 11) is 0. The summed E-state index contributed by atoms with van der Waals surface area (Å²) in [6.45, 7) is 8.28. The van der Waals surface area contributed by atoms with E-state index < -0.39 is 0 Å². The number of rotatable bonds is 3. The molecule has 3 aromatic rings. The fourth-order valence-electron chi connectivity index (χ4n) is 3.38. The summed E-state index contributed by atoms with van der Waals surface area (Å²) >= 11 is 0. The van der Waals surface area contributed by atoms with Gasteiger partial charge in [0, 0.05) is 38.9 Å². The van der Waals surface area contributed by atoms with Crippen LogP contribution in [0.25, 0.3) is 11.0 Å². The number of piperazine rings is 1. The maximum absolute atomic E-state index is 12.4. The standard InChI is InChI=1S/C20H23N5O/c1-14-11-16-17(12-15(14)2)23-20(26)18(22-16)13-24-7-9-25(10-8-24)19-5-3-4-6-21-19/h3-6,11-12H,7-10,13H2,1-2H3,(H,23,26). The lowest BCUT2D eigenvalue weighted by molar-refractivity contribution is 0.246. The number of hydrogen-bond acceptors (Lipinski definition) is 5. The molecule has 0 aliphatic carbocycles. The van der Waals surface area contributed by atoms with Gasteiger partial charge in [-0.05, 0) is 49.2 Å². The third-order valence-corrected chi connectivity index (χ3v) is 5.10. The number of nitrogens with zero attached hydrogens (tertiary/aromatic N) is 4. The lowest BCUT2D eigenvalue weighted by Gasteiger charge is -2.35. The number of benzene rings is 1. The predicted molar refractivity (Wildman–Crippen MR) is 104 cm³/mol. The molecule has 0 atom stereocenters. The van der Waals surface area contributed by atoms with Gasteiger partial charge >= 0.3 is 0 Å². The number of nitrogens with one attached hydrogen (secondary N) is 1. The number of H-pyrrole nitrogens is 1. The quantitative estimate of drug-likeness (QED) is 0.786. The zero-order valence-corrected chi connectivity index (χ0v) is 15.2. The van der Waals surface area contributed by atoms with Gasteiger partial charge in [-0.15, -0.1) is 0 Å². The molecule has 1 aliphatic rings. The van der Waals surface area contributed by atoms with E-state index in [0.717, 1.165) is 48.6 Å². The summed E-state index contributed by atoms with van der Waals surface area (Å²) in [5, 5.41) is 0. The molecule has 1 saturated heterocycles. The average Bonchev–Trinajstić information content (AvgIpc) is 2.65. The highest BCUT2D eigenvalue weighted by Crippen LogP contribution is 2.16. The molecule has 1 fully saturated rings. The minimum Gasteiger partial charge on any atom is -0.354 e. The molecule has 0 unspecified atom stereocenters. The number of fused-ring (bicyclic) bond motifs is 1. The summed E-state index contributed by atoms with van der Waals surface area (Å²) in [6.07, 6.45) is 1.82. The van der Waals surface area contributed by atoms with E-state index in [1.807, 2.05) is 43.5 Å². The van der Waals surface area contributed by atoms with Crippen LogP contribution < -0.4 is 10.5 Å². The molecule has 6 nitrogen and oxygen atoms in total. The Morgan fingerprint density at radius 1 is 1.08 bits per heavy atom. The fraction of sp³-hybridized carbons (Fsp3) is 0.350. The molecule has 6 heteroatoms. The lowest BCUT2D eigenvalue weighted by atomic mass is 10.1. The van der Waals surface area contributed by atoms with E-state index in [0.29, 0.717) is 12.2 Å². The minimum atomic E-state index is -0.0899. The van der Waals surface area contributed by atoms with Crippen LogP contribution in [-0.2, 0) is 6.54 Å². The van der Waals surface area contributed by atoms with E-state index in [-0.39, 0.29) is 5.56 Å². The second kappa shape index (κ2) is 6.88. The van der Waals surface area contributed by atoms with Crippen molar-refractivity contribution in [1.82, 2.24) is 19.9 Å². The van der Waals surface area contributed by atoms with Gasteiger partial charge in [0.2, 0.25) is 0 Å². The molecule has 0 radical (unpaired) electrons. The van der Waals surface area contributed by atoms with Crippen molar-refractivity contribution >= 4 is 16.9 Å². The Balaban J connectivity index is 1.49. The van der Waals surface area contributed by atoms with E-state index in [2.05, 4.69) is 31.7 Å². The number of aromatic amines is 1. The molecule has 2 aromatic heterocycles. The van der Waals surface area contributed by atoms with Crippen LogP contribution in [0.3, 0.4) is 0 Å². The molecule has 1 N–H and O–H groups in total. The van der Waals surface area contributed by atoms with Crippen molar-refractivity contribution in [3.8, 4) is 0 Å². The van der Waals surface area contributed by atoms with E-state index in [9.17, 15) is 4.79 Å². The molecular weight excluding hydrogens is 326 g/mol. The molecule has 1 aromatic carbocycles. The molecule has 26 heavy (non-hydrogen) atoms. The van der Waals surface area contributed by atoms with Crippen molar-refractivity contribution in [3.63, 3.8) is 0 Å². The zero-order chi connectivity index (χ0) is 18.1. The second-order valence-corrected chi connectivity index (χ2v) is 6.92. The monoisotopic (exact) mass is 349 g/mol. The lowest BCUT2D eigenvalue weighted by Crippen LogP contribution is -2.46. The van der Waals surface area contributed by atoms with Crippen LogP contribution in [0.1, 0.15) is 16.8 Å². The largest absolute Gasteiger partial charge is 0.354 e. The third kappa shape index (κ3) is 3.32. The number of anilines is 1. The minimum absolute atomic E-state index is 0.0899. The number of pyridine rings is 1. The Morgan fingerprint density at radius 2 is 1.85 bits per heavy atom. The van der Waals surface area contributed by atoms with Gasteiger partial charge in [0.15, 0.2) is 0 Å². The second-order valence-electron chi connectivity index (χ2n) is 6.92.